The van der Waals surface area contributed by atoms with Crippen molar-refractivity contribution in [2.75, 3.05) is 6.54 Å². The summed E-state index contributed by atoms with van der Waals surface area (Å²) < 4.78 is 0.594. The average molecular weight is 298 g/mol. The normalized spacial score (nSPS) is 12.1. The van der Waals surface area contributed by atoms with Gasteiger partial charge in [0.25, 0.3) is 5.69 Å². The number of benzene rings is 1. The van der Waals surface area contributed by atoms with Gasteiger partial charge in [-0.3, -0.25) is 4.79 Å². The van der Waals surface area contributed by atoms with Gasteiger partial charge >= 0.3 is 5.91 Å². The van der Waals surface area contributed by atoms with Gasteiger partial charge in [0.1, 0.15) is 0 Å². The number of carbonyl (C=O) groups is 1. The predicted octanol–water partition coefficient (Wildman–Crippen LogP) is 2.56. The summed E-state index contributed by atoms with van der Waals surface area (Å²) in [7, 11) is 0. The van der Waals surface area contributed by atoms with Crippen molar-refractivity contribution >= 4 is 5.91 Å². The number of aromatic nitrogens is 1. The lowest BCUT2D eigenvalue weighted by Crippen LogP contribution is -2.41. The van der Waals surface area contributed by atoms with Crippen molar-refractivity contribution in [1.29, 1.82) is 0 Å². The van der Waals surface area contributed by atoms with E-state index in [-0.39, 0.29) is 11.6 Å². The summed E-state index contributed by atoms with van der Waals surface area (Å²) in [6, 6.07) is 15.1. The second-order valence-corrected chi connectivity index (χ2v) is 5.82. The summed E-state index contributed by atoms with van der Waals surface area (Å²) in [4.78, 5) is 12.1. The van der Waals surface area contributed by atoms with Gasteiger partial charge < -0.3 is 10.5 Å². The first-order valence-electron chi connectivity index (χ1n) is 7.58. The molecule has 2 rings (SSSR count). The van der Waals surface area contributed by atoms with Crippen LogP contribution in [0.2, 0.25) is 0 Å². The summed E-state index contributed by atoms with van der Waals surface area (Å²) in [5, 5.41) is 14.5. The fourth-order valence-electron chi connectivity index (χ4n) is 2.38. The molecule has 1 unspecified atom stereocenters. The number of hydrogen-bond donors (Lipinski definition) is 1. The van der Waals surface area contributed by atoms with Gasteiger partial charge in [-0.1, -0.05) is 44.2 Å². The van der Waals surface area contributed by atoms with E-state index >= 15 is 0 Å². The summed E-state index contributed by atoms with van der Waals surface area (Å²) in [5.74, 6) is 0.445. The molecule has 22 heavy (non-hydrogen) atoms. The van der Waals surface area contributed by atoms with E-state index in [1.54, 1.807) is 12.1 Å². The Labute approximate surface area is 131 Å². The maximum absolute atomic E-state index is 12.1. The summed E-state index contributed by atoms with van der Waals surface area (Å²) in [6.07, 6.45) is 2.24. The minimum atomic E-state index is -0.325. The van der Waals surface area contributed by atoms with E-state index in [0.29, 0.717) is 23.1 Å². The maximum Gasteiger partial charge on any atom is 0.317 e. The van der Waals surface area contributed by atoms with Crippen LogP contribution in [0.1, 0.15) is 29.9 Å². The number of pyridine rings is 1. The van der Waals surface area contributed by atoms with Gasteiger partial charge in [-0.2, -0.15) is 4.73 Å². The van der Waals surface area contributed by atoms with Crippen LogP contribution in [0.5, 0.6) is 0 Å². The molecule has 0 fully saturated rings. The van der Waals surface area contributed by atoms with Crippen LogP contribution in [0.3, 0.4) is 0 Å². The second-order valence-electron chi connectivity index (χ2n) is 5.82. The van der Waals surface area contributed by atoms with Gasteiger partial charge in [0.15, 0.2) is 6.20 Å². The molecule has 2 aromatic rings. The van der Waals surface area contributed by atoms with Crippen molar-refractivity contribution in [3.63, 3.8) is 0 Å². The average Bonchev–Trinajstić information content (AvgIpc) is 2.52. The summed E-state index contributed by atoms with van der Waals surface area (Å²) in [6.45, 7) is 4.85. The van der Waals surface area contributed by atoms with Crippen LogP contribution in [-0.4, -0.2) is 12.5 Å². The second kappa shape index (κ2) is 7.59. The third-order valence-corrected chi connectivity index (χ3v) is 3.87. The molecule has 4 nitrogen and oxygen atoms in total. The van der Waals surface area contributed by atoms with Crippen LogP contribution in [0, 0.1) is 17.0 Å². The highest BCUT2D eigenvalue weighted by molar-refractivity contribution is 5.90. The number of carbonyl (C=O) groups excluding carboxylic acids is 1. The molecule has 1 N–H and O–H groups in total. The van der Waals surface area contributed by atoms with Crippen molar-refractivity contribution in [2.45, 2.75) is 20.3 Å². The van der Waals surface area contributed by atoms with E-state index in [1.165, 1.54) is 17.8 Å². The number of nitrogens with zero attached hydrogens (tertiary/aromatic N) is 1. The quantitative estimate of drug-likeness (QED) is 0.658. The molecule has 116 valence electrons. The molecule has 0 spiro atoms. The van der Waals surface area contributed by atoms with E-state index in [0.717, 1.165) is 6.42 Å². The zero-order valence-electron chi connectivity index (χ0n) is 13.0. The highest BCUT2D eigenvalue weighted by Crippen LogP contribution is 2.16. The van der Waals surface area contributed by atoms with Gasteiger partial charge in [0.2, 0.25) is 0 Å². The predicted molar refractivity (Wildman–Crippen MR) is 86.2 cm³/mol. The Morgan fingerprint density at radius 3 is 2.45 bits per heavy atom. The van der Waals surface area contributed by atoms with Crippen LogP contribution in [0.25, 0.3) is 0 Å². The fraction of sp³-hybridized carbons (Fsp3) is 0.333. The Kier molecular flexibility index (Phi) is 5.53. The minimum absolute atomic E-state index is 0.129. The first-order chi connectivity index (χ1) is 10.6. The highest BCUT2D eigenvalue weighted by atomic mass is 16.5. The smallest absolute Gasteiger partial charge is 0.317 e. The number of nitrogens with one attached hydrogen (secondary N) is 1. The Hall–Kier alpha value is -2.36. The zero-order chi connectivity index (χ0) is 15.9. The maximum atomic E-state index is 12.1. The SMILES string of the molecule is CC(C)C(CNC(=O)c1cccc[n+]1[O-])Cc1ccccc1. The largest absolute Gasteiger partial charge is 0.618 e. The van der Waals surface area contributed by atoms with E-state index in [4.69, 9.17) is 0 Å². The molecule has 1 aromatic heterocycles. The Morgan fingerprint density at radius 1 is 1.14 bits per heavy atom. The monoisotopic (exact) mass is 298 g/mol. The first kappa shape index (κ1) is 16.0. The van der Waals surface area contributed by atoms with Crippen LogP contribution in [0.4, 0.5) is 0 Å². The zero-order valence-corrected chi connectivity index (χ0v) is 13.0. The van der Waals surface area contributed by atoms with Crippen LogP contribution >= 0.6 is 0 Å². The highest BCUT2D eigenvalue weighted by Gasteiger charge is 2.19. The molecule has 4 heteroatoms. The summed E-state index contributed by atoms with van der Waals surface area (Å²) in [5.41, 5.74) is 1.39. The van der Waals surface area contributed by atoms with E-state index in [9.17, 15) is 10.0 Å². The van der Waals surface area contributed by atoms with Crippen LogP contribution < -0.4 is 10.0 Å². The molecule has 0 radical (unpaired) electrons. The Morgan fingerprint density at radius 2 is 1.82 bits per heavy atom. The van der Waals surface area contributed by atoms with E-state index in [1.807, 2.05) is 18.2 Å². The first-order valence-corrected chi connectivity index (χ1v) is 7.58. The third kappa shape index (κ3) is 4.32. The molecule has 0 saturated carbocycles. The fourth-order valence-corrected chi connectivity index (χ4v) is 2.38. The molecular formula is C18H22N2O2. The van der Waals surface area contributed by atoms with Gasteiger partial charge in [-0.25, -0.2) is 0 Å². The Bertz CT molecular complexity index is 611. The number of hydrogen-bond acceptors (Lipinski definition) is 2. The van der Waals surface area contributed by atoms with E-state index in [2.05, 4.69) is 31.3 Å². The van der Waals surface area contributed by atoms with Crippen molar-refractivity contribution in [2.24, 2.45) is 11.8 Å². The Balaban J connectivity index is 1.97. The van der Waals surface area contributed by atoms with Crippen LogP contribution in [0.15, 0.2) is 54.7 Å². The molecule has 0 aliphatic heterocycles. The van der Waals surface area contributed by atoms with Crippen molar-refractivity contribution in [1.82, 2.24) is 5.32 Å². The lowest BCUT2D eigenvalue weighted by Gasteiger charge is -2.21. The van der Waals surface area contributed by atoms with Crippen molar-refractivity contribution in [3.8, 4) is 0 Å². The van der Waals surface area contributed by atoms with Crippen molar-refractivity contribution in [3.05, 3.63) is 71.2 Å². The number of rotatable bonds is 6. The lowest BCUT2D eigenvalue weighted by molar-refractivity contribution is -0.607. The molecule has 1 atom stereocenters. The van der Waals surface area contributed by atoms with E-state index < -0.39 is 0 Å². The molecule has 1 heterocycles. The lowest BCUT2D eigenvalue weighted by atomic mass is 9.89. The molecule has 1 amide bonds. The van der Waals surface area contributed by atoms with Crippen LogP contribution in [-0.2, 0) is 6.42 Å². The topological polar surface area (TPSA) is 56.0 Å². The van der Waals surface area contributed by atoms with Gasteiger partial charge in [0, 0.05) is 18.7 Å². The van der Waals surface area contributed by atoms with Gasteiger partial charge in [-0.15, -0.1) is 0 Å². The molecule has 0 bridgehead atoms. The molecule has 0 aliphatic carbocycles. The molecule has 0 saturated heterocycles. The molecule has 1 aromatic carbocycles. The minimum Gasteiger partial charge on any atom is -0.618 e. The van der Waals surface area contributed by atoms with Crippen molar-refractivity contribution < 1.29 is 9.52 Å². The van der Waals surface area contributed by atoms with Gasteiger partial charge in [0.05, 0.1) is 0 Å². The van der Waals surface area contributed by atoms with Gasteiger partial charge in [-0.05, 0) is 29.9 Å². The summed E-state index contributed by atoms with van der Waals surface area (Å²) >= 11 is 0. The third-order valence-electron chi connectivity index (χ3n) is 3.87. The number of amides is 1. The standard InChI is InChI=1S/C18H22N2O2/c1-14(2)16(12-15-8-4-3-5-9-15)13-19-18(21)17-10-6-7-11-20(17)22/h3-11,14,16H,12-13H2,1-2H3,(H,19,21). The molecule has 0 aliphatic rings. The molecular weight excluding hydrogens is 276 g/mol.